The second-order valence-corrected chi connectivity index (χ2v) is 15.5. The molecule has 7 nitrogen and oxygen atoms in total. The van der Waals surface area contributed by atoms with Crippen molar-refractivity contribution in [3.63, 3.8) is 0 Å². The molecule has 1 aliphatic heterocycles. The molecular formula is C40H44BrNO6. The highest BCUT2D eigenvalue weighted by Gasteiger charge is 2.48. The molecule has 3 aromatic carbocycles. The molecular weight excluding hydrogens is 670 g/mol. The first-order chi connectivity index (χ1) is 22.8. The third-order valence-corrected chi connectivity index (χ3v) is 10.2. The van der Waals surface area contributed by atoms with Crippen molar-refractivity contribution in [1.82, 2.24) is 4.90 Å². The first kappa shape index (κ1) is 33.8. The number of nitrogens with zero attached hydrogens (tertiary/aromatic N) is 1. The number of allylic oxidation sites excluding steroid dienone is 4. The fourth-order valence-electron chi connectivity index (χ4n) is 7.36. The van der Waals surface area contributed by atoms with E-state index in [-0.39, 0.29) is 29.0 Å². The van der Waals surface area contributed by atoms with E-state index in [1.165, 1.54) is 0 Å². The summed E-state index contributed by atoms with van der Waals surface area (Å²) in [5.74, 6) is 2.05. The second kappa shape index (κ2) is 13.1. The highest BCUT2D eigenvalue weighted by atomic mass is 79.9. The van der Waals surface area contributed by atoms with E-state index in [9.17, 15) is 9.59 Å². The lowest BCUT2D eigenvalue weighted by atomic mass is 9.64. The van der Waals surface area contributed by atoms with Gasteiger partial charge in [0.1, 0.15) is 13.2 Å². The number of Topliss-reactive ketones (excluding diaryl/α,β-unsaturated/α-hetero) is 2. The van der Waals surface area contributed by atoms with Crippen LogP contribution in [0, 0.1) is 10.8 Å². The van der Waals surface area contributed by atoms with Crippen LogP contribution in [0.2, 0.25) is 0 Å². The van der Waals surface area contributed by atoms with Crippen molar-refractivity contribution in [2.45, 2.75) is 72.5 Å². The van der Waals surface area contributed by atoms with Crippen molar-refractivity contribution in [2.75, 3.05) is 21.3 Å². The first-order valence-electron chi connectivity index (χ1n) is 16.4. The van der Waals surface area contributed by atoms with E-state index in [4.69, 9.17) is 18.9 Å². The molecule has 1 heterocycles. The minimum Gasteiger partial charge on any atom is -0.493 e. The Hall–Kier alpha value is -4.04. The van der Waals surface area contributed by atoms with Gasteiger partial charge in [-0.05, 0) is 80.6 Å². The number of hydrogen-bond donors (Lipinski definition) is 0. The van der Waals surface area contributed by atoms with Crippen molar-refractivity contribution in [2.24, 2.45) is 10.8 Å². The Bertz CT molecular complexity index is 1770. The van der Waals surface area contributed by atoms with Gasteiger partial charge in [-0.1, -0.05) is 64.1 Å². The average molecular weight is 715 g/mol. The monoisotopic (exact) mass is 713 g/mol. The van der Waals surface area contributed by atoms with Gasteiger partial charge >= 0.3 is 0 Å². The average Bonchev–Trinajstić information content (AvgIpc) is 3.03. The maximum Gasteiger partial charge on any atom is 0.175 e. The van der Waals surface area contributed by atoms with Gasteiger partial charge < -0.3 is 23.8 Å². The largest absolute Gasteiger partial charge is 0.493 e. The molecule has 0 N–H and O–H groups in total. The van der Waals surface area contributed by atoms with E-state index in [1.807, 2.05) is 67.7 Å². The molecule has 0 saturated carbocycles. The number of ketones is 2. The quantitative estimate of drug-likeness (QED) is 0.219. The van der Waals surface area contributed by atoms with Crippen molar-refractivity contribution in [3.8, 4) is 23.0 Å². The summed E-state index contributed by atoms with van der Waals surface area (Å²) in [7, 11) is 5.25. The molecule has 0 bridgehead atoms. The van der Waals surface area contributed by atoms with Crippen molar-refractivity contribution < 1.29 is 28.5 Å². The minimum absolute atomic E-state index is 0.0999. The Balaban J connectivity index is 1.31. The van der Waals surface area contributed by atoms with Gasteiger partial charge in [-0.3, -0.25) is 9.59 Å². The van der Waals surface area contributed by atoms with Gasteiger partial charge in [0.25, 0.3) is 0 Å². The summed E-state index contributed by atoms with van der Waals surface area (Å²) in [5.41, 5.74) is 5.97. The Morgan fingerprint density at radius 2 is 1.29 bits per heavy atom. The van der Waals surface area contributed by atoms with Crippen LogP contribution in [-0.4, -0.2) is 37.7 Å². The number of hydrogen-bond acceptors (Lipinski definition) is 7. The Morgan fingerprint density at radius 1 is 0.708 bits per heavy atom. The van der Waals surface area contributed by atoms with E-state index >= 15 is 0 Å². The van der Waals surface area contributed by atoms with Crippen LogP contribution in [0.5, 0.6) is 23.0 Å². The SMILES string of the molecule is COc1cc(COc2c(Br)cc(C3C4=C(CC(C)(C)CC4=O)N(C)C4=C3C(=O)CC(C)(C)C4)cc2OC)ccc1OCc1ccccc1. The molecule has 0 amide bonds. The highest BCUT2D eigenvalue weighted by molar-refractivity contribution is 9.10. The third kappa shape index (κ3) is 6.64. The van der Waals surface area contributed by atoms with E-state index in [0.717, 1.165) is 52.1 Å². The molecule has 48 heavy (non-hydrogen) atoms. The Kier molecular flexibility index (Phi) is 9.24. The van der Waals surface area contributed by atoms with Crippen LogP contribution in [0.3, 0.4) is 0 Å². The van der Waals surface area contributed by atoms with Gasteiger partial charge in [-0.15, -0.1) is 0 Å². The van der Waals surface area contributed by atoms with Crippen LogP contribution in [0.25, 0.3) is 0 Å². The number of halogens is 1. The predicted molar refractivity (Wildman–Crippen MR) is 189 cm³/mol. The van der Waals surface area contributed by atoms with E-state index < -0.39 is 5.92 Å². The zero-order chi connectivity index (χ0) is 34.4. The summed E-state index contributed by atoms with van der Waals surface area (Å²) in [6, 6.07) is 19.6. The number of methoxy groups -OCH3 is 2. The molecule has 3 aromatic rings. The summed E-state index contributed by atoms with van der Waals surface area (Å²) in [4.78, 5) is 30.0. The second-order valence-electron chi connectivity index (χ2n) is 14.7. The Labute approximate surface area is 292 Å². The fraction of sp³-hybridized carbons (Fsp3) is 0.400. The van der Waals surface area contributed by atoms with Crippen LogP contribution in [0.1, 0.15) is 76.0 Å². The molecule has 252 valence electrons. The van der Waals surface area contributed by atoms with Crippen molar-refractivity contribution in [1.29, 1.82) is 0 Å². The van der Waals surface area contributed by atoms with Gasteiger partial charge in [0, 0.05) is 48.3 Å². The molecule has 8 heteroatoms. The third-order valence-electron chi connectivity index (χ3n) is 9.61. The lowest BCUT2D eigenvalue weighted by molar-refractivity contribution is -0.119. The van der Waals surface area contributed by atoms with Gasteiger partial charge in [0.15, 0.2) is 34.6 Å². The zero-order valence-electron chi connectivity index (χ0n) is 28.9. The lowest BCUT2D eigenvalue weighted by Crippen LogP contribution is -2.43. The number of ether oxygens (including phenoxy) is 4. The number of benzene rings is 3. The molecule has 0 spiro atoms. The maximum atomic E-state index is 13.9. The summed E-state index contributed by atoms with van der Waals surface area (Å²) in [6.07, 6.45) is 2.42. The van der Waals surface area contributed by atoms with Crippen LogP contribution < -0.4 is 18.9 Å². The molecule has 0 aromatic heterocycles. The van der Waals surface area contributed by atoms with Crippen LogP contribution in [-0.2, 0) is 22.8 Å². The molecule has 0 saturated heterocycles. The zero-order valence-corrected chi connectivity index (χ0v) is 30.5. The Morgan fingerprint density at radius 3 is 1.88 bits per heavy atom. The minimum atomic E-state index is -0.467. The molecule has 0 radical (unpaired) electrons. The molecule has 6 rings (SSSR count). The summed E-state index contributed by atoms with van der Waals surface area (Å²) in [6.45, 7) is 9.26. The smallest absolute Gasteiger partial charge is 0.175 e. The molecule has 0 fully saturated rings. The number of carbonyl (C=O) groups excluding carboxylic acids is 2. The van der Waals surface area contributed by atoms with Crippen LogP contribution in [0.15, 0.2) is 87.7 Å². The van der Waals surface area contributed by atoms with Crippen molar-refractivity contribution >= 4 is 27.5 Å². The van der Waals surface area contributed by atoms with Gasteiger partial charge in [-0.25, -0.2) is 0 Å². The molecule has 0 unspecified atom stereocenters. The first-order valence-corrected chi connectivity index (χ1v) is 17.2. The van der Waals surface area contributed by atoms with Crippen LogP contribution in [0.4, 0.5) is 0 Å². The van der Waals surface area contributed by atoms with E-state index in [2.05, 4.69) is 48.5 Å². The maximum absolute atomic E-state index is 13.9. The highest BCUT2D eigenvalue weighted by Crippen LogP contribution is 2.55. The summed E-state index contributed by atoms with van der Waals surface area (Å²) in [5, 5.41) is 0. The summed E-state index contributed by atoms with van der Waals surface area (Å²) < 4.78 is 24.6. The van der Waals surface area contributed by atoms with Crippen LogP contribution >= 0.6 is 15.9 Å². The van der Waals surface area contributed by atoms with Gasteiger partial charge in [-0.2, -0.15) is 0 Å². The topological polar surface area (TPSA) is 74.3 Å². The normalized spacial score (nSPS) is 18.8. The van der Waals surface area contributed by atoms with E-state index in [1.54, 1.807) is 14.2 Å². The predicted octanol–water partition coefficient (Wildman–Crippen LogP) is 8.94. The number of carbonyl (C=O) groups is 2. The lowest BCUT2D eigenvalue weighted by Gasteiger charge is -2.48. The fourth-order valence-corrected chi connectivity index (χ4v) is 7.93. The molecule has 0 atom stereocenters. The molecule has 2 aliphatic carbocycles. The van der Waals surface area contributed by atoms with Gasteiger partial charge in [0.05, 0.1) is 18.7 Å². The standard InChI is InChI=1S/C40H44BrNO6/c1-39(2)18-28-36(30(43)20-39)35(37-29(42(28)5)19-40(3,4)21-31(37)44)26-16-27(41)38(34(17-26)46-7)48-23-25-13-14-32(33(15-25)45-6)47-22-24-11-9-8-10-12-24/h8-17,35H,18-23H2,1-7H3. The molecule has 3 aliphatic rings. The number of rotatable bonds is 9. The summed E-state index contributed by atoms with van der Waals surface area (Å²) >= 11 is 3.75. The van der Waals surface area contributed by atoms with Gasteiger partial charge in [0.2, 0.25) is 0 Å². The van der Waals surface area contributed by atoms with E-state index in [0.29, 0.717) is 46.9 Å². The van der Waals surface area contributed by atoms with Crippen molar-refractivity contribution in [3.05, 3.63) is 104 Å².